The Kier molecular flexibility index (Phi) is 7.19. The van der Waals surface area contributed by atoms with Gasteiger partial charge in [-0.05, 0) is 35.4 Å². The average molecular weight is 410 g/mol. The van der Waals surface area contributed by atoms with Gasteiger partial charge in [-0.15, -0.1) is 0 Å². The van der Waals surface area contributed by atoms with Crippen LogP contribution in [-0.2, 0) is 16.6 Å². The van der Waals surface area contributed by atoms with E-state index in [1.807, 2.05) is 60.7 Å². The molecule has 0 spiro atoms. The van der Waals surface area contributed by atoms with Crippen molar-refractivity contribution in [3.8, 4) is 5.75 Å². The number of hydrogen-bond donors (Lipinski definition) is 2. The number of aliphatic hydroxyl groups excluding tert-OH is 1. The molecule has 3 aromatic carbocycles. The summed E-state index contributed by atoms with van der Waals surface area (Å²) in [5.41, 5.74) is 1.96. The minimum Gasteiger partial charge on any atom is -0.489 e. The van der Waals surface area contributed by atoms with E-state index in [4.69, 9.17) is 4.74 Å². The van der Waals surface area contributed by atoms with Crippen molar-refractivity contribution >= 4 is 16.1 Å². The van der Waals surface area contributed by atoms with Crippen LogP contribution in [0.5, 0.6) is 5.75 Å². The zero-order chi connectivity index (χ0) is 20.5. The maximum absolute atomic E-state index is 12.4. The average Bonchev–Trinajstić information content (AvgIpc) is 2.76. The van der Waals surface area contributed by atoms with Crippen molar-refractivity contribution in [2.45, 2.75) is 17.6 Å². The van der Waals surface area contributed by atoms with Crippen LogP contribution in [-0.4, -0.2) is 26.2 Å². The fourth-order valence-corrected chi connectivity index (χ4v) is 3.64. The van der Waals surface area contributed by atoms with Crippen LogP contribution in [0, 0.1) is 0 Å². The Morgan fingerprint density at radius 2 is 1.52 bits per heavy atom. The lowest BCUT2D eigenvalue weighted by molar-refractivity contribution is 0.227. The maximum Gasteiger partial charge on any atom is 0.240 e. The first kappa shape index (κ1) is 20.8. The molecule has 0 aliphatic rings. The van der Waals surface area contributed by atoms with Crippen molar-refractivity contribution in [1.82, 2.24) is 4.72 Å². The van der Waals surface area contributed by atoms with Gasteiger partial charge in [-0.2, -0.15) is 0 Å². The van der Waals surface area contributed by atoms with Gasteiger partial charge in [0.05, 0.1) is 11.0 Å². The predicted molar refractivity (Wildman–Crippen MR) is 114 cm³/mol. The van der Waals surface area contributed by atoms with E-state index in [0.29, 0.717) is 12.4 Å². The lowest BCUT2D eigenvalue weighted by Gasteiger charge is -2.10. The molecule has 0 heterocycles. The van der Waals surface area contributed by atoms with Gasteiger partial charge in [-0.25, -0.2) is 13.1 Å². The third-order valence-corrected chi connectivity index (χ3v) is 5.61. The Bertz CT molecular complexity index is 1020. The lowest BCUT2D eigenvalue weighted by Crippen LogP contribution is -2.31. The summed E-state index contributed by atoms with van der Waals surface area (Å²) in [7, 11) is -3.72. The smallest absolute Gasteiger partial charge is 0.240 e. The van der Waals surface area contributed by atoms with Gasteiger partial charge in [0.1, 0.15) is 12.4 Å². The summed E-state index contributed by atoms with van der Waals surface area (Å²) in [4.78, 5) is 0.115. The number of hydrogen-bond acceptors (Lipinski definition) is 4. The summed E-state index contributed by atoms with van der Waals surface area (Å²) in [5, 5.41) is 10.0. The van der Waals surface area contributed by atoms with Crippen molar-refractivity contribution in [1.29, 1.82) is 0 Å². The van der Waals surface area contributed by atoms with E-state index in [1.165, 1.54) is 12.1 Å². The SMILES string of the molecule is O=S(=O)(NCC(O)/C=C/c1ccccc1)c1ccc(OCc2ccccc2)cc1. The molecule has 1 unspecified atom stereocenters. The van der Waals surface area contributed by atoms with E-state index in [9.17, 15) is 13.5 Å². The van der Waals surface area contributed by atoms with Crippen molar-refractivity contribution in [2.75, 3.05) is 6.54 Å². The molecule has 6 heteroatoms. The third-order valence-electron chi connectivity index (χ3n) is 4.18. The summed E-state index contributed by atoms with van der Waals surface area (Å²) in [6.45, 7) is 0.295. The third kappa shape index (κ3) is 6.57. The normalized spacial score (nSPS) is 12.7. The number of sulfonamides is 1. The Morgan fingerprint density at radius 1 is 0.897 bits per heavy atom. The second-order valence-electron chi connectivity index (χ2n) is 6.43. The van der Waals surface area contributed by atoms with Gasteiger partial charge >= 0.3 is 0 Å². The number of benzene rings is 3. The highest BCUT2D eigenvalue weighted by Crippen LogP contribution is 2.17. The van der Waals surface area contributed by atoms with Crippen molar-refractivity contribution in [3.63, 3.8) is 0 Å². The van der Waals surface area contributed by atoms with Crippen molar-refractivity contribution in [2.24, 2.45) is 0 Å². The maximum atomic E-state index is 12.4. The van der Waals surface area contributed by atoms with Crippen molar-refractivity contribution < 1.29 is 18.3 Å². The largest absolute Gasteiger partial charge is 0.489 e. The highest BCUT2D eigenvalue weighted by Gasteiger charge is 2.15. The van der Waals surface area contributed by atoms with Crippen molar-refractivity contribution in [3.05, 3.63) is 102 Å². The molecular formula is C23H23NO4S. The van der Waals surface area contributed by atoms with Crippen LogP contribution in [0.4, 0.5) is 0 Å². The molecule has 3 aromatic rings. The van der Waals surface area contributed by atoms with Crippen LogP contribution in [0.3, 0.4) is 0 Å². The molecule has 0 saturated carbocycles. The molecule has 0 fully saturated rings. The van der Waals surface area contributed by atoms with Gasteiger partial charge in [0.25, 0.3) is 0 Å². The first-order valence-corrected chi connectivity index (χ1v) is 10.7. The van der Waals surface area contributed by atoms with E-state index in [-0.39, 0.29) is 11.4 Å². The Hall–Kier alpha value is -2.93. The van der Waals surface area contributed by atoms with Gasteiger partial charge in [0, 0.05) is 6.54 Å². The molecule has 0 amide bonds. The molecule has 0 saturated heterocycles. The van der Waals surface area contributed by atoms with Gasteiger partial charge in [-0.1, -0.05) is 72.8 Å². The number of ether oxygens (including phenoxy) is 1. The minimum atomic E-state index is -3.72. The molecule has 1 atom stereocenters. The number of nitrogens with one attached hydrogen (secondary N) is 1. The van der Waals surface area contributed by atoms with Crippen LogP contribution in [0.15, 0.2) is 95.9 Å². The zero-order valence-corrected chi connectivity index (χ0v) is 16.6. The fourth-order valence-electron chi connectivity index (χ4n) is 2.59. The van der Waals surface area contributed by atoms with E-state index >= 15 is 0 Å². The van der Waals surface area contributed by atoms with Gasteiger partial charge in [0.15, 0.2) is 0 Å². The number of rotatable bonds is 9. The van der Waals surface area contributed by atoms with E-state index < -0.39 is 16.1 Å². The van der Waals surface area contributed by atoms with Gasteiger partial charge < -0.3 is 9.84 Å². The quantitative estimate of drug-likeness (QED) is 0.566. The molecule has 0 radical (unpaired) electrons. The predicted octanol–water partition coefficient (Wildman–Crippen LogP) is 3.62. The summed E-state index contributed by atoms with van der Waals surface area (Å²) >= 11 is 0. The summed E-state index contributed by atoms with van der Waals surface area (Å²) in [5.74, 6) is 0.582. The zero-order valence-electron chi connectivity index (χ0n) is 15.8. The van der Waals surface area contributed by atoms with Crippen LogP contribution in [0.1, 0.15) is 11.1 Å². The first-order chi connectivity index (χ1) is 14.0. The Labute approximate surface area is 171 Å². The standard InChI is InChI=1S/C23H23NO4S/c25-21(12-11-19-7-3-1-4-8-19)17-24-29(26,27)23-15-13-22(14-16-23)28-18-20-9-5-2-6-10-20/h1-16,21,24-25H,17-18H2/b12-11+. The molecule has 0 bridgehead atoms. The highest BCUT2D eigenvalue weighted by molar-refractivity contribution is 7.89. The van der Waals surface area contributed by atoms with Crippen LogP contribution in [0.25, 0.3) is 6.08 Å². The molecule has 29 heavy (non-hydrogen) atoms. The second kappa shape index (κ2) is 10.0. The monoisotopic (exact) mass is 409 g/mol. The van der Waals surface area contributed by atoms with Crippen LogP contribution < -0.4 is 9.46 Å². The molecule has 3 rings (SSSR count). The minimum absolute atomic E-state index is 0.113. The first-order valence-electron chi connectivity index (χ1n) is 9.21. The fraction of sp³-hybridized carbons (Fsp3) is 0.130. The molecule has 0 aromatic heterocycles. The second-order valence-corrected chi connectivity index (χ2v) is 8.20. The van der Waals surface area contributed by atoms with Crippen LogP contribution >= 0.6 is 0 Å². The van der Waals surface area contributed by atoms with Gasteiger partial charge in [0.2, 0.25) is 10.0 Å². The highest BCUT2D eigenvalue weighted by atomic mass is 32.2. The van der Waals surface area contributed by atoms with Gasteiger partial charge in [-0.3, -0.25) is 0 Å². The van der Waals surface area contributed by atoms with Crippen LogP contribution in [0.2, 0.25) is 0 Å². The Morgan fingerprint density at radius 3 is 2.17 bits per heavy atom. The van der Waals surface area contributed by atoms with E-state index in [1.54, 1.807) is 24.3 Å². The summed E-state index contributed by atoms with van der Waals surface area (Å²) in [6, 6.07) is 25.4. The molecule has 150 valence electrons. The molecule has 0 aliphatic carbocycles. The molecule has 0 aliphatic heterocycles. The summed E-state index contributed by atoms with van der Waals surface area (Å²) < 4.78 is 32.9. The summed E-state index contributed by atoms with van der Waals surface area (Å²) in [6.07, 6.45) is 2.37. The lowest BCUT2D eigenvalue weighted by atomic mass is 10.2. The topological polar surface area (TPSA) is 75.6 Å². The van der Waals surface area contributed by atoms with E-state index in [2.05, 4.69) is 4.72 Å². The van der Waals surface area contributed by atoms with E-state index in [0.717, 1.165) is 11.1 Å². The molecule has 5 nitrogen and oxygen atoms in total. The molecular weight excluding hydrogens is 386 g/mol. The molecule has 2 N–H and O–H groups in total. The Balaban J connectivity index is 1.53. The number of aliphatic hydroxyl groups is 1.